The number of halogens is 1. The summed E-state index contributed by atoms with van der Waals surface area (Å²) >= 11 is 3.55. The van der Waals surface area contributed by atoms with Crippen LogP contribution in [0.4, 0.5) is 0 Å². The Labute approximate surface area is 135 Å². The molecule has 2 atom stereocenters. The first-order valence-electron chi connectivity index (χ1n) is 7.69. The molecule has 2 aromatic carbocycles. The molecule has 2 N–H and O–H groups in total. The first-order valence-corrected chi connectivity index (χ1v) is 8.48. The normalized spacial score (nSPS) is 20.6. The first-order chi connectivity index (χ1) is 10.1. The van der Waals surface area contributed by atoms with Gasteiger partial charge in [0.1, 0.15) is 0 Å². The number of nitrogens with two attached hydrogens (primary N) is 1. The van der Waals surface area contributed by atoms with Crippen molar-refractivity contribution >= 4 is 15.9 Å². The highest BCUT2D eigenvalue weighted by molar-refractivity contribution is 9.10. The summed E-state index contributed by atoms with van der Waals surface area (Å²) < 4.78 is 1.10. The molecule has 0 heterocycles. The average molecular weight is 344 g/mol. The van der Waals surface area contributed by atoms with Gasteiger partial charge >= 0.3 is 0 Å². The van der Waals surface area contributed by atoms with E-state index in [1.165, 1.54) is 36.0 Å². The van der Waals surface area contributed by atoms with E-state index in [0.29, 0.717) is 5.92 Å². The minimum Gasteiger partial charge on any atom is -0.322 e. The average Bonchev–Trinajstić information content (AvgIpc) is 2.47. The molecule has 1 aliphatic carbocycles. The summed E-state index contributed by atoms with van der Waals surface area (Å²) in [5, 5.41) is 0. The van der Waals surface area contributed by atoms with E-state index >= 15 is 0 Å². The third kappa shape index (κ3) is 3.22. The molecule has 0 radical (unpaired) electrons. The van der Waals surface area contributed by atoms with Crippen molar-refractivity contribution in [3.8, 4) is 0 Å². The van der Waals surface area contributed by atoms with Gasteiger partial charge in [-0.05, 0) is 67.3 Å². The molecule has 0 saturated carbocycles. The topological polar surface area (TPSA) is 26.0 Å². The van der Waals surface area contributed by atoms with Gasteiger partial charge in [-0.1, -0.05) is 52.3 Å². The second-order valence-corrected chi connectivity index (χ2v) is 7.34. The van der Waals surface area contributed by atoms with Gasteiger partial charge in [0.05, 0.1) is 0 Å². The van der Waals surface area contributed by atoms with Crippen molar-refractivity contribution in [1.29, 1.82) is 0 Å². The van der Waals surface area contributed by atoms with Crippen LogP contribution in [0.1, 0.15) is 48.8 Å². The number of fused-ring (bicyclic) bond motifs is 1. The Bertz CT molecular complexity index is 633. The van der Waals surface area contributed by atoms with E-state index < -0.39 is 0 Å². The fraction of sp³-hybridized carbons (Fsp3) is 0.368. The molecular weight excluding hydrogens is 322 g/mol. The minimum atomic E-state index is -0.293. The lowest BCUT2D eigenvalue weighted by atomic mass is 9.74. The van der Waals surface area contributed by atoms with Gasteiger partial charge < -0.3 is 5.73 Å². The van der Waals surface area contributed by atoms with Crippen LogP contribution in [0.25, 0.3) is 0 Å². The number of hydrogen-bond acceptors (Lipinski definition) is 1. The highest BCUT2D eigenvalue weighted by Gasteiger charge is 2.29. The zero-order valence-corrected chi connectivity index (χ0v) is 14.1. The van der Waals surface area contributed by atoms with Gasteiger partial charge in [0, 0.05) is 10.0 Å². The summed E-state index contributed by atoms with van der Waals surface area (Å²) in [4.78, 5) is 0. The molecule has 21 heavy (non-hydrogen) atoms. The van der Waals surface area contributed by atoms with E-state index in [-0.39, 0.29) is 5.54 Å². The summed E-state index contributed by atoms with van der Waals surface area (Å²) in [5.41, 5.74) is 10.6. The van der Waals surface area contributed by atoms with Crippen LogP contribution in [0.3, 0.4) is 0 Å². The molecule has 110 valence electrons. The third-order valence-electron chi connectivity index (χ3n) is 4.65. The smallest absolute Gasteiger partial charge is 0.0387 e. The summed E-state index contributed by atoms with van der Waals surface area (Å²) in [7, 11) is 0. The zero-order chi connectivity index (χ0) is 14.9. The second-order valence-electron chi connectivity index (χ2n) is 6.42. The predicted molar refractivity (Wildman–Crippen MR) is 92.4 cm³/mol. The largest absolute Gasteiger partial charge is 0.322 e. The van der Waals surface area contributed by atoms with Crippen LogP contribution >= 0.6 is 15.9 Å². The van der Waals surface area contributed by atoms with Crippen LogP contribution in [0.2, 0.25) is 0 Å². The zero-order valence-electron chi connectivity index (χ0n) is 12.5. The van der Waals surface area contributed by atoms with Gasteiger partial charge in [0.25, 0.3) is 0 Å². The Balaban J connectivity index is 1.86. The molecule has 2 unspecified atom stereocenters. The molecule has 0 aliphatic heterocycles. The van der Waals surface area contributed by atoms with Gasteiger partial charge in [0.2, 0.25) is 0 Å². The first kappa shape index (κ1) is 14.8. The lowest BCUT2D eigenvalue weighted by Crippen LogP contribution is -2.35. The molecule has 0 saturated heterocycles. The van der Waals surface area contributed by atoms with Crippen LogP contribution in [-0.4, -0.2) is 0 Å². The lowest BCUT2D eigenvalue weighted by molar-refractivity contribution is 0.376. The van der Waals surface area contributed by atoms with Crippen molar-refractivity contribution in [1.82, 2.24) is 0 Å². The van der Waals surface area contributed by atoms with Crippen molar-refractivity contribution in [3.63, 3.8) is 0 Å². The SMILES string of the molecule is CC(N)(CC1CCCc2ccccc21)c1cccc(Br)c1. The highest BCUT2D eigenvalue weighted by atomic mass is 79.9. The van der Waals surface area contributed by atoms with Crippen LogP contribution in [0.5, 0.6) is 0 Å². The van der Waals surface area contributed by atoms with Crippen LogP contribution in [0, 0.1) is 0 Å². The fourth-order valence-corrected chi connectivity index (χ4v) is 3.94. The summed E-state index contributed by atoms with van der Waals surface area (Å²) in [6.45, 7) is 2.16. The number of rotatable bonds is 3. The Morgan fingerprint density at radius 3 is 2.81 bits per heavy atom. The predicted octanol–water partition coefficient (Wildman–Crippen LogP) is 5.13. The summed E-state index contributed by atoms with van der Waals surface area (Å²) in [5.74, 6) is 0.573. The molecule has 1 nitrogen and oxygen atoms in total. The molecule has 2 aromatic rings. The quantitative estimate of drug-likeness (QED) is 0.820. The van der Waals surface area contributed by atoms with E-state index in [1.54, 1.807) is 0 Å². The Morgan fingerprint density at radius 2 is 2.00 bits per heavy atom. The second kappa shape index (κ2) is 5.94. The lowest BCUT2D eigenvalue weighted by Gasteiger charge is -2.33. The molecule has 0 fully saturated rings. The van der Waals surface area contributed by atoms with Gasteiger partial charge in [0.15, 0.2) is 0 Å². The molecule has 1 aliphatic rings. The fourth-order valence-electron chi connectivity index (χ4n) is 3.54. The van der Waals surface area contributed by atoms with E-state index in [4.69, 9.17) is 5.73 Å². The molecule has 3 rings (SSSR count). The summed E-state index contributed by atoms with van der Waals surface area (Å²) in [6, 6.07) is 17.3. The Kier molecular flexibility index (Phi) is 4.19. The van der Waals surface area contributed by atoms with Crippen molar-refractivity contribution in [2.75, 3.05) is 0 Å². The van der Waals surface area contributed by atoms with Gasteiger partial charge in [-0.2, -0.15) is 0 Å². The van der Waals surface area contributed by atoms with Gasteiger partial charge in [-0.25, -0.2) is 0 Å². The maximum atomic E-state index is 6.67. The van der Waals surface area contributed by atoms with E-state index in [2.05, 4.69) is 71.4 Å². The molecular formula is C19H22BrN. The van der Waals surface area contributed by atoms with Crippen molar-refractivity contribution in [3.05, 3.63) is 69.7 Å². The summed E-state index contributed by atoms with van der Waals surface area (Å²) in [6.07, 6.45) is 4.74. The maximum absolute atomic E-state index is 6.67. The van der Waals surface area contributed by atoms with E-state index in [1.807, 2.05) is 0 Å². The Morgan fingerprint density at radius 1 is 1.19 bits per heavy atom. The van der Waals surface area contributed by atoms with Crippen LogP contribution in [-0.2, 0) is 12.0 Å². The van der Waals surface area contributed by atoms with E-state index in [0.717, 1.165) is 10.9 Å². The van der Waals surface area contributed by atoms with Gasteiger partial charge in [-0.15, -0.1) is 0 Å². The van der Waals surface area contributed by atoms with Crippen molar-refractivity contribution < 1.29 is 0 Å². The van der Waals surface area contributed by atoms with E-state index in [9.17, 15) is 0 Å². The highest BCUT2D eigenvalue weighted by Crippen LogP contribution is 2.39. The monoisotopic (exact) mass is 343 g/mol. The van der Waals surface area contributed by atoms with Crippen molar-refractivity contribution in [2.45, 2.75) is 44.1 Å². The number of aryl methyl sites for hydroxylation is 1. The molecule has 0 aromatic heterocycles. The minimum absolute atomic E-state index is 0.293. The number of benzene rings is 2. The molecule has 0 spiro atoms. The van der Waals surface area contributed by atoms with Gasteiger partial charge in [-0.3, -0.25) is 0 Å². The molecule has 0 bridgehead atoms. The standard InChI is InChI=1S/C19H22BrN/c1-19(21,16-9-5-10-17(20)12-16)13-15-8-4-7-14-6-2-3-11-18(14)15/h2-3,5-6,9-12,15H,4,7-8,13,21H2,1H3. The maximum Gasteiger partial charge on any atom is 0.0387 e. The third-order valence-corrected chi connectivity index (χ3v) is 5.14. The molecule has 2 heteroatoms. The van der Waals surface area contributed by atoms with Crippen molar-refractivity contribution in [2.24, 2.45) is 5.73 Å². The Hall–Kier alpha value is -1.12. The van der Waals surface area contributed by atoms with Crippen LogP contribution < -0.4 is 5.73 Å². The number of hydrogen-bond donors (Lipinski definition) is 1. The van der Waals surface area contributed by atoms with Crippen LogP contribution in [0.15, 0.2) is 53.0 Å². The molecule has 0 amide bonds.